The van der Waals surface area contributed by atoms with Crippen molar-refractivity contribution in [3.05, 3.63) is 35.9 Å². The van der Waals surface area contributed by atoms with Crippen LogP contribution in [0.15, 0.2) is 30.3 Å². The number of carbonyl (C=O) groups is 2. The van der Waals surface area contributed by atoms with E-state index in [1.54, 1.807) is 6.92 Å². The van der Waals surface area contributed by atoms with Gasteiger partial charge in [-0.05, 0) is 18.4 Å². The lowest BCUT2D eigenvalue weighted by Crippen LogP contribution is -2.46. The number of likely N-dealkylation sites (tertiary alicyclic amines) is 1. The molecule has 0 aromatic heterocycles. The Balaban J connectivity index is 1.62. The van der Waals surface area contributed by atoms with Gasteiger partial charge in [0.25, 0.3) is 0 Å². The highest BCUT2D eigenvalue weighted by Crippen LogP contribution is 2.09. The third-order valence-corrected chi connectivity index (χ3v) is 3.82. The lowest BCUT2D eigenvalue weighted by molar-refractivity contribution is -0.130. The molecule has 1 heterocycles. The molecule has 21 heavy (non-hydrogen) atoms. The zero-order valence-electron chi connectivity index (χ0n) is 12.5. The largest absolute Gasteiger partial charge is 0.351 e. The molecule has 1 saturated heterocycles. The molecule has 2 amide bonds. The van der Waals surface area contributed by atoms with Crippen molar-refractivity contribution in [3.63, 3.8) is 0 Å². The minimum atomic E-state index is 0.00727. The van der Waals surface area contributed by atoms with Gasteiger partial charge in [0, 0.05) is 32.6 Å². The number of hydrogen-bond donors (Lipinski definition) is 2. The first-order chi connectivity index (χ1) is 10.1. The van der Waals surface area contributed by atoms with Crippen molar-refractivity contribution in [1.82, 2.24) is 15.5 Å². The molecule has 0 radical (unpaired) electrons. The number of nitrogens with zero attached hydrogens (tertiary/aromatic N) is 1. The smallest absolute Gasteiger partial charge is 0.234 e. The molecule has 1 aliphatic heterocycles. The van der Waals surface area contributed by atoms with Crippen molar-refractivity contribution < 1.29 is 9.59 Å². The van der Waals surface area contributed by atoms with E-state index in [0.717, 1.165) is 31.5 Å². The summed E-state index contributed by atoms with van der Waals surface area (Å²) in [4.78, 5) is 24.9. The van der Waals surface area contributed by atoms with E-state index >= 15 is 0 Å². The zero-order valence-corrected chi connectivity index (χ0v) is 12.5. The van der Waals surface area contributed by atoms with E-state index in [1.807, 2.05) is 35.2 Å². The van der Waals surface area contributed by atoms with E-state index in [2.05, 4.69) is 10.6 Å². The first-order valence-corrected chi connectivity index (χ1v) is 7.44. The van der Waals surface area contributed by atoms with Gasteiger partial charge in [-0.3, -0.25) is 9.59 Å². The highest BCUT2D eigenvalue weighted by molar-refractivity contribution is 5.78. The molecule has 0 spiro atoms. The van der Waals surface area contributed by atoms with Gasteiger partial charge in [0.2, 0.25) is 11.8 Å². The molecule has 1 aromatic carbocycles. The normalized spacial score (nSPS) is 15.8. The fraction of sp³-hybridized carbons (Fsp3) is 0.500. The number of piperidine rings is 1. The Morgan fingerprint density at radius 3 is 2.48 bits per heavy atom. The summed E-state index contributed by atoms with van der Waals surface area (Å²) in [7, 11) is 0. The second-order valence-corrected chi connectivity index (χ2v) is 5.42. The van der Waals surface area contributed by atoms with Gasteiger partial charge >= 0.3 is 0 Å². The minimum absolute atomic E-state index is 0.00727. The molecule has 1 aliphatic rings. The van der Waals surface area contributed by atoms with Crippen molar-refractivity contribution in [3.8, 4) is 0 Å². The first-order valence-electron chi connectivity index (χ1n) is 7.44. The van der Waals surface area contributed by atoms with E-state index in [0.29, 0.717) is 19.1 Å². The molecule has 2 rings (SSSR count). The van der Waals surface area contributed by atoms with Crippen molar-refractivity contribution in [2.45, 2.75) is 32.4 Å². The van der Waals surface area contributed by atoms with Crippen molar-refractivity contribution in [2.75, 3.05) is 19.6 Å². The van der Waals surface area contributed by atoms with E-state index in [4.69, 9.17) is 0 Å². The maximum atomic E-state index is 11.8. The quantitative estimate of drug-likeness (QED) is 0.847. The van der Waals surface area contributed by atoms with E-state index in [1.165, 1.54) is 0 Å². The summed E-state index contributed by atoms with van der Waals surface area (Å²) in [5.41, 5.74) is 1.10. The predicted octanol–water partition coefficient (Wildman–Crippen LogP) is 0.903. The fourth-order valence-electron chi connectivity index (χ4n) is 2.49. The third kappa shape index (κ3) is 5.19. The Bertz CT molecular complexity index is 468. The van der Waals surface area contributed by atoms with Gasteiger partial charge in [-0.2, -0.15) is 0 Å². The molecule has 1 fully saturated rings. The Morgan fingerprint density at radius 1 is 1.19 bits per heavy atom. The molecule has 0 bridgehead atoms. The molecule has 0 unspecified atom stereocenters. The fourth-order valence-corrected chi connectivity index (χ4v) is 2.49. The Hall–Kier alpha value is -1.88. The maximum Gasteiger partial charge on any atom is 0.234 e. The average molecular weight is 289 g/mol. The van der Waals surface area contributed by atoms with Crippen LogP contribution in [0.25, 0.3) is 0 Å². The molecule has 0 atom stereocenters. The lowest BCUT2D eigenvalue weighted by Gasteiger charge is -2.31. The SMILES string of the molecule is CC(=O)N1CCC(NCC(=O)NCc2ccccc2)CC1. The van der Waals surface area contributed by atoms with Gasteiger partial charge in [0.15, 0.2) is 0 Å². The van der Waals surface area contributed by atoms with Gasteiger partial charge in [-0.15, -0.1) is 0 Å². The zero-order chi connectivity index (χ0) is 15.1. The number of hydrogen-bond acceptors (Lipinski definition) is 3. The third-order valence-electron chi connectivity index (χ3n) is 3.82. The molecular weight excluding hydrogens is 266 g/mol. The summed E-state index contributed by atoms with van der Waals surface area (Å²) in [6.07, 6.45) is 1.82. The highest BCUT2D eigenvalue weighted by Gasteiger charge is 2.20. The maximum absolute atomic E-state index is 11.8. The molecule has 0 saturated carbocycles. The average Bonchev–Trinajstić information content (AvgIpc) is 2.52. The van der Waals surface area contributed by atoms with E-state index in [-0.39, 0.29) is 11.8 Å². The van der Waals surface area contributed by atoms with Gasteiger partial charge in [-0.1, -0.05) is 30.3 Å². The second-order valence-electron chi connectivity index (χ2n) is 5.42. The standard InChI is InChI=1S/C16H23N3O2/c1-13(20)19-9-7-15(8-10-19)17-12-16(21)18-11-14-5-3-2-4-6-14/h2-6,15,17H,7-12H2,1H3,(H,18,21). The predicted molar refractivity (Wildman–Crippen MR) is 81.6 cm³/mol. The molecular formula is C16H23N3O2. The van der Waals surface area contributed by atoms with Gasteiger partial charge in [-0.25, -0.2) is 0 Å². The van der Waals surface area contributed by atoms with Crippen LogP contribution in [0.4, 0.5) is 0 Å². The van der Waals surface area contributed by atoms with E-state index < -0.39 is 0 Å². The number of nitrogens with one attached hydrogen (secondary N) is 2. The summed E-state index contributed by atoms with van der Waals surface area (Å²) in [5.74, 6) is 0.141. The van der Waals surface area contributed by atoms with Crippen molar-refractivity contribution >= 4 is 11.8 Å². The van der Waals surface area contributed by atoms with E-state index in [9.17, 15) is 9.59 Å². The monoisotopic (exact) mass is 289 g/mol. The number of amides is 2. The topological polar surface area (TPSA) is 61.4 Å². The van der Waals surface area contributed by atoms with Crippen LogP contribution in [-0.4, -0.2) is 42.4 Å². The summed E-state index contributed by atoms with van der Waals surface area (Å²) < 4.78 is 0. The summed E-state index contributed by atoms with van der Waals surface area (Å²) in [6, 6.07) is 10.2. The van der Waals surface area contributed by atoms with Crippen LogP contribution in [0.5, 0.6) is 0 Å². The molecule has 5 heteroatoms. The Labute approximate surface area is 125 Å². The van der Waals surface area contributed by atoms with Gasteiger partial charge in [0.05, 0.1) is 6.54 Å². The molecule has 114 valence electrons. The Morgan fingerprint density at radius 2 is 1.86 bits per heavy atom. The van der Waals surface area contributed by atoms with Gasteiger partial charge in [0.1, 0.15) is 0 Å². The van der Waals surface area contributed by atoms with Gasteiger partial charge < -0.3 is 15.5 Å². The molecule has 5 nitrogen and oxygen atoms in total. The number of rotatable bonds is 5. The molecule has 2 N–H and O–H groups in total. The second kappa shape index (κ2) is 7.78. The molecule has 0 aliphatic carbocycles. The number of benzene rings is 1. The Kier molecular flexibility index (Phi) is 5.75. The lowest BCUT2D eigenvalue weighted by atomic mass is 10.1. The molecule has 1 aromatic rings. The van der Waals surface area contributed by atoms with Crippen LogP contribution in [0.1, 0.15) is 25.3 Å². The van der Waals surface area contributed by atoms with Crippen LogP contribution in [0, 0.1) is 0 Å². The first kappa shape index (κ1) is 15.5. The summed E-state index contributed by atoms with van der Waals surface area (Å²) in [5, 5.41) is 6.17. The van der Waals surface area contributed by atoms with Crippen LogP contribution in [0.2, 0.25) is 0 Å². The van der Waals surface area contributed by atoms with Crippen molar-refractivity contribution in [2.24, 2.45) is 0 Å². The van der Waals surface area contributed by atoms with Crippen LogP contribution in [-0.2, 0) is 16.1 Å². The van der Waals surface area contributed by atoms with Crippen LogP contribution < -0.4 is 10.6 Å². The highest BCUT2D eigenvalue weighted by atomic mass is 16.2. The van der Waals surface area contributed by atoms with Crippen molar-refractivity contribution in [1.29, 1.82) is 0 Å². The summed E-state index contributed by atoms with van der Waals surface area (Å²) in [6.45, 7) is 4.05. The van der Waals surface area contributed by atoms with Crippen LogP contribution >= 0.6 is 0 Å². The van der Waals surface area contributed by atoms with Crippen LogP contribution in [0.3, 0.4) is 0 Å². The number of carbonyl (C=O) groups excluding carboxylic acids is 2. The minimum Gasteiger partial charge on any atom is -0.351 e. The summed E-state index contributed by atoms with van der Waals surface area (Å²) >= 11 is 0.